The Hall–Kier alpha value is -0.280. The zero-order chi connectivity index (χ0) is 22.3. The Balaban J connectivity index is 1.57. The zero-order valence-electron chi connectivity index (χ0n) is 19.9. The molecule has 0 amide bonds. The number of aliphatic hydroxyl groups excluding tert-OH is 1. The molecular formula is C24H44O7. The Labute approximate surface area is 188 Å². The molecule has 7 heteroatoms. The van der Waals surface area contributed by atoms with Crippen LogP contribution in [0, 0.1) is 21.7 Å². The average Bonchev–Trinajstić information content (AvgIpc) is 2.68. The summed E-state index contributed by atoms with van der Waals surface area (Å²) in [4.78, 5) is 0. The van der Waals surface area contributed by atoms with E-state index in [1.807, 2.05) is 0 Å². The van der Waals surface area contributed by atoms with Crippen molar-refractivity contribution in [2.45, 2.75) is 46.5 Å². The Morgan fingerprint density at radius 2 is 0.968 bits per heavy atom. The summed E-state index contributed by atoms with van der Waals surface area (Å²) in [5.74, 6) is 0. The standard InChI is InChI=1S/C24H44O7/c1-4-21(9-26-10-21)15-29-18-24(7-8-25,19-30-16-22(5-2)11-27-12-22)20-31-17-23(6-3)13-28-14-23/h25H,4-20H2,1-3H3. The van der Waals surface area contributed by atoms with E-state index in [1.165, 1.54) is 0 Å². The summed E-state index contributed by atoms with van der Waals surface area (Å²) in [5.41, 5.74) is 0.0423. The molecule has 0 aliphatic carbocycles. The Kier molecular flexibility index (Phi) is 9.18. The van der Waals surface area contributed by atoms with Crippen LogP contribution in [0.3, 0.4) is 0 Å². The van der Waals surface area contributed by atoms with Crippen molar-refractivity contribution >= 4 is 0 Å². The van der Waals surface area contributed by atoms with Gasteiger partial charge < -0.3 is 33.5 Å². The van der Waals surface area contributed by atoms with Gasteiger partial charge in [0.2, 0.25) is 0 Å². The molecule has 0 saturated carbocycles. The fourth-order valence-electron chi connectivity index (χ4n) is 4.37. The summed E-state index contributed by atoms with van der Waals surface area (Å²) in [5, 5.41) is 9.86. The highest BCUT2D eigenvalue weighted by molar-refractivity contribution is 4.88. The molecule has 3 aliphatic rings. The number of ether oxygens (including phenoxy) is 6. The van der Waals surface area contributed by atoms with Gasteiger partial charge in [0.1, 0.15) is 0 Å². The second-order valence-electron chi connectivity index (χ2n) is 10.5. The fraction of sp³-hybridized carbons (Fsp3) is 1.00. The minimum absolute atomic E-state index is 0.0855. The van der Waals surface area contributed by atoms with Crippen LogP contribution in [0.15, 0.2) is 0 Å². The molecule has 3 heterocycles. The van der Waals surface area contributed by atoms with Crippen LogP contribution in [-0.4, -0.2) is 91.0 Å². The van der Waals surface area contributed by atoms with Crippen molar-refractivity contribution in [2.24, 2.45) is 21.7 Å². The highest BCUT2D eigenvalue weighted by Gasteiger charge is 2.42. The highest BCUT2D eigenvalue weighted by Crippen LogP contribution is 2.36. The van der Waals surface area contributed by atoms with Crippen molar-refractivity contribution < 1.29 is 33.5 Å². The van der Waals surface area contributed by atoms with Gasteiger partial charge in [0.05, 0.1) is 79.3 Å². The third-order valence-electron chi connectivity index (χ3n) is 7.79. The van der Waals surface area contributed by atoms with Crippen molar-refractivity contribution in [3.8, 4) is 0 Å². The van der Waals surface area contributed by atoms with E-state index in [0.717, 1.165) is 58.9 Å². The normalized spacial score (nSPS) is 23.6. The van der Waals surface area contributed by atoms with Crippen LogP contribution in [-0.2, 0) is 28.4 Å². The van der Waals surface area contributed by atoms with E-state index in [2.05, 4.69) is 20.8 Å². The van der Waals surface area contributed by atoms with Crippen LogP contribution in [0.25, 0.3) is 0 Å². The summed E-state index contributed by atoms with van der Waals surface area (Å²) >= 11 is 0. The first-order valence-electron chi connectivity index (χ1n) is 12.1. The zero-order valence-corrected chi connectivity index (χ0v) is 19.9. The Morgan fingerprint density at radius 3 is 1.16 bits per heavy atom. The summed E-state index contributed by atoms with van der Waals surface area (Å²) in [6.45, 7) is 14.8. The number of hydrogen-bond acceptors (Lipinski definition) is 7. The lowest BCUT2D eigenvalue weighted by atomic mass is 9.82. The molecular weight excluding hydrogens is 400 g/mol. The van der Waals surface area contributed by atoms with Crippen molar-refractivity contribution in [3.05, 3.63) is 0 Å². The van der Waals surface area contributed by atoms with Gasteiger partial charge in [-0.25, -0.2) is 0 Å². The van der Waals surface area contributed by atoms with Crippen LogP contribution in [0.2, 0.25) is 0 Å². The molecule has 31 heavy (non-hydrogen) atoms. The molecule has 3 aliphatic heterocycles. The van der Waals surface area contributed by atoms with Crippen LogP contribution in [0.4, 0.5) is 0 Å². The van der Waals surface area contributed by atoms with Crippen molar-refractivity contribution in [3.63, 3.8) is 0 Å². The average molecular weight is 445 g/mol. The van der Waals surface area contributed by atoms with Crippen molar-refractivity contribution in [2.75, 3.05) is 85.9 Å². The monoisotopic (exact) mass is 444 g/mol. The highest BCUT2D eigenvalue weighted by atomic mass is 16.5. The Morgan fingerprint density at radius 1 is 0.645 bits per heavy atom. The maximum atomic E-state index is 9.86. The molecule has 0 aromatic heterocycles. The van der Waals surface area contributed by atoms with Gasteiger partial charge >= 0.3 is 0 Å². The van der Waals surface area contributed by atoms with E-state index in [1.54, 1.807) is 0 Å². The van der Waals surface area contributed by atoms with E-state index in [4.69, 9.17) is 28.4 Å². The number of hydrogen-bond donors (Lipinski definition) is 1. The van der Waals surface area contributed by atoms with Gasteiger partial charge in [-0.15, -0.1) is 0 Å². The third kappa shape index (κ3) is 6.19. The van der Waals surface area contributed by atoms with E-state index >= 15 is 0 Å². The maximum Gasteiger partial charge on any atom is 0.0567 e. The van der Waals surface area contributed by atoms with Crippen LogP contribution < -0.4 is 0 Å². The largest absolute Gasteiger partial charge is 0.396 e. The van der Waals surface area contributed by atoms with Gasteiger partial charge in [-0.3, -0.25) is 0 Å². The predicted molar refractivity (Wildman–Crippen MR) is 117 cm³/mol. The van der Waals surface area contributed by atoms with Crippen LogP contribution in [0.1, 0.15) is 46.5 Å². The first-order chi connectivity index (χ1) is 15.0. The molecule has 0 radical (unpaired) electrons. The lowest BCUT2D eigenvalue weighted by Crippen LogP contribution is -2.49. The molecule has 1 N–H and O–H groups in total. The number of aliphatic hydroxyl groups is 1. The number of rotatable bonds is 17. The molecule has 7 nitrogen and oxygen atoms in total. The topological polar surface area (TPSA) is 75.6 Å². The molecule has 0 unspecified atom stereocenters. The smallest absolute Gasteiger partial charge is 0.0567 e. The summed E-state index contributed by atoms with van der Waals surface area (Å²) in [7, 11) is 0. The lowest BCUT2D eigenvalue weighted by Gasteiger charge is -2.44. The Bertz CT molecular complexity index is 440. The van der Waals surface area contributed by atoms with E-state index in [9.17, 15) is 5.11 Å². The van der Waals surface area contributed by atoms with Gasteiger partial charge in [0.15, 0.2) is 0 Å². The molecule has 3 rings (SSSR count). The molecule has 0 aromatic rings. The molecule has 182 valence electrons. The summed E-state index contributed by atoms with van der Waals surface area (Å²) < 4.78 is 35.0. The van der Waals surface area contributed by atoms with Gasteiger partial charge in [-0.1, -0.05) is 20.8 Å². The first-order valence-corrected chi connectivity index (χ1v) is 12.1. The maximum absolute atomic E-state index is 9.86. The molecule has 0 spiro atoms. The first kappa shape index (κ1) is 25.3. The van der Waals surface area contributed by atoms with Crippen LogP contribution >= 0.6 is 0 Å². The second kappa shape index (κ2) is 11.2. The molecule has 3 saturated heterocycles. The van der Waals surface area contributed by atoms with Crippen LogP contribution in [0.5, 0.6) is 0 Å². The molecule has 3 fully saturated rings. The minimum Gasteiger partial charge on any atom is -0.396 e. The van der Waals surface area contributed by atoms with Gasteiger partial charge in [0.25, 0.3) is 0 Å². The summed E-state index contributed by atoms with van der Waals surface area (Å²) in [6.07, 6.45) is 3.73. The van der Waals surface area contributed by atoms with Gasteiger partial charge in [-0.05, 0) is 25.7 Å². The predicted octanol–water partition coefficient (Wildman–Crippen LogP) is 2.68. The van der Waals surface area contributed by atoms with E-state index in [-0.39, 0.29) is 28.3 Å². The van der Waals surface area contributed by atoms with E-state index in [0.29, 0.717) is 46.1 Å². The van der Waals surface area contributed by atoms with E-state index < -0.39 is 0 Å². The lowest BCUT2D eigenvalue weighted by molar-refractivity contribution is -0.188. The van der Waals surface area contributed by atoms with Crippen molar-refractivity contribution in [1.82, 2.24) is 0 Å². The van der Waals surface area contributed by atoms with Crippen molar-refractivity contribution in [1.29, 1.82) is 0 Å². The second-order valence-corrected chi connectivity index (χ2v) is 10.5. The minimum atomic E-state index is -0.368. The molecule has 0 aromatic carbocycles. The quantitative estimate of drug-likeness (QED) is 0.370. The third-order valence-corrected chi connectivity index (χ3v) is 7.79. The fourth-order valence-corrected chi connectivity index (χ4v) is 4.37. The summed E-state index contributed by atoms with van der Waals surface area (Å²) in [6, 6.07) is 0. The SMILES string of the molecule is CCC1(COCC(CCO)(COCC2(CC)COC2)COCC2(CC)COC2)COC1. The van der Waals surface area contributed by atoms with Gasteiger partial charge in [0, 0.05) is 28.3 Å². The molecule has 0 bridgehead atoms. The molecule has 0 atom stereocenters. The van der Waals surface area contributed by atoms with Gasteiger partial charge in [-0.2, -0.15) is 0 Å².